The van der Waals surface area contributed by atoms with Crippen LogP contribution in [0.4, 0.5) is 5.95 Å². The molecule has 0 atom stereocenters. The smallest absolute Gasteiger partial charge is 0.257 e. The van der Waals surface area contributed by atoms with Gasteiger partial charge in [0, 0.05) is 30.0 Å². The van der Waals surface area contributed by atoms with Gasteiger partial charge in [-0.05, 0) is 42.0 Å². The Bertz CT molecular complexity index is 1070. The Kier molecular flexibility index (Phi) is 4.18. The van der Waals surface area contributed by atoms with E-state index >= 15 is 0 Å². The maximum Gasteiger partial charge on any atom is 0.257 e. The van der Waals surface area contributed by atoms with Gasteiger partial charge in [-0.2, -0.15) is 5.10 Å². The van der Waals surface area contributed by atoms with Gasteiger partial charge in [-0.3, -0.25) is 14.8 Å². The number of fused-ring (bicyclic) bond motifs is 1. The fourth-order valence-electron chi connectivity index (χ4n) is 2.80. The molecule has 0 aliphatic carbocycles. The first-order chi connectivity index (χ1) is 12.6. The summed E-state index contributed by atoms with van der Waals surface area (Å²) >= 11 is 6.00. The third-order valence-electron chi connectivity index (χ3n) is 4.19. The van der Waals surface area contributed by atoms with Gasteiger partial charge < -0.3 is 4.57 Å². The number of carbonyl (C=O) groups excluding carboxylic acids is 1. The largest absolute Gasteiger partial charge is 0.313 e. The van der Waals surface area contributed by atoms with E-state index in [4.69, 9.17) is 11.6 Å². The summed E-state index contributed by atoms with van der Waals surface area (Å²) in [6.07, 6.45) is 3.64. The van der Waals surface area contributed by atoms with Crippen LogP contribution in [0.1, 0.15) is 15.9 Å². The van der Waals surface area contributed by atoms with Crippen LogP contribution >= 0.6 is 11.6 Å². The topological polar surface area (TPSA) is 64.7 Å². The zero-order chi connectivity index (χ0) is 18.1. The summed E-state index contributed by atoms with van der Waals surface area (Å²) in [5.74, 6) is 0.271. The lowest BCUT2D eigenvalue weighted by Crippen LogP contribution is -2.15. The van der Waals surface area contributed by atoms with Crippen molar-refractivity contribution in [2.75, 3.05) is 5.32 Å². The Hall–Kier alpha value is -3.12. The number of carbonyl (C=O) groups is 1. The van der Waals surface area contributed by atoms with Crippen LogP contribution < -0.4 is 5.32 Å². The summed E-state index contributed by atoms with van der Waals surface area (Å²) in [5.41, 5.74) is 3.28. The van der Waals surface area contributed by atoms with Crippen molar-refractivity contribution in [3.05, 3.63) is 77.1 Å². The summed E-state index contributed by atoms with van der Waals surface area (Å²) < 4.78 is 3.66. The number of nitrogens with one attached hydrogen (secondary N) is 1. The van der Waals surface area contributed by atoms with Crippen molar-refractivity contribution in [1.82, 2.24) is 19.3 Å². The van der Waals surface area contributed by atoms with E-state index in [9.17, 15) is 4.79 Å². The lowest BCUT2D eigenvalue weighted by molar-refractivity contribution is 0.102. The van der Waals surface area contributed by atoms with Crippen molar-refractivity contribution < 1.29 is 4.79 Å². The molecule has 2 heterocycles. The molecule has 0 spiro atoms. The molecule has 6 nitrogen and oxygen atoms in total. The minimum absolute atomic E-state index is 0.208. The molecular formula is C19H16ClN5O. The molecular weight excluding hydrogens is 350 g/mol. The van der Waals surface area contributed by atoms with Crippen LogP contribution in [0.25, 0.3) is 11.0 Å². The van der Waals surface area contributed by atoms with Crippen LogP contribution in [0, 0.1) is 0 Å². The minimum Gasteiger partial charge on any atom is -0.313 e. The number of aromatic nitrogens is 4. The number of nitrogens with zero attached hydrogens (tertiary/aromatic N) is 4. The molecule has 4 rings (SSSR count). The molecule has 0 saturated heterocycles. The molecule has 4 aromatic rings. The zero-order valence-electron chi connectivity index (χ0n) is 14.1. The minimum atomic E-state index is -0.208. The van der Waals surface area contributed by atoms with Crippen LogP contribution in [0.5, 0.6) is 0 Å². The zero-order valence-corrected chi connectivity index (χ0v) is 14.8. The van der Waals surface area contributed by atoms with Crippen molar-refractivity contribution in [1.29, 1.82) is 0 Å². The van der Waals surface area contributed by atoms with Crippen molar-refractivity contribution in [2.24, 2.45) is 7.05 Å². The lowest BCUT2D eigenvalue weighted by atomic mass is 10.1. The molecule has 0 fully saturated rings. The third kappa shape index (κ3) is 3.19. The number of amides is 1. The fraction of sp³-hybridized carbons (Fsp3) is 0.105. The highest BCUT2D eigenvalue weighted by Crippen LogP contribution is 2.22. The second kappa shape index (κ2) is 6.65. The van der Waals surface area contributed by atoms with E-state index in [2.05, 4.69) is 15.4 Å². The molecule has 0 aliphatic heterocycles. The van der Waals surface area contributed by atoms with Crippen molar-refractivity contribution in [3.63, 3.8) is 0 Å². The van der Waals surface area contributed by atoms with Gasteiger partial charge in [-0.15, -0.1) is 0 Å². The van der Waals surface area contributed by atoms with Crippen LogP contribution in [0.3, 0.4) is 0 Å². The Morgan fingerprint density at radius 3 is 2.73 bits per heavy atom. The Morgan fingerprint density at radius 1 is 1.19 bits per heavy atom. The van der Waals surface area contributed by atoms with Crippen molar-refractivity contribution in [3.8, 4) is 0 Å². The number of rotatable bonds is 4. The quantitative estimate of drug-likeness (QED) is 0.599. The number of imidazole rings is 1. The van der Waals surface area contributed by atoms with Crippen molar-refractivity contribution in [2.45, 2.75) is 6.54 Å². The highest BCUT2D eigenvalue weighted by molar-refractivity contribution is 6.31. The van der Waals surface area contributed by atoms with E-state index in [1.807, 2.05) is 46.8 Å². The van der Waals surface area contributed by atoms with E-state index in [1.54, 1.807) is 30.5 Å². The van der Waals surface area contributed by atoms with E-state index in [1.165, 1.54) is 0 Å². The normalized spacial score (nSPS) is 11.0. The molecule has 7 heteroatoms. The van der Waals surface area contributed by atoms with Gasteiger partial charge >= 0.3 is 0 Å². The Labute approximate surface area is 155 Å². The van der Waals surface area contributed by atoms with Gasteiger partial charge in [0.25, 0.3) is 5.91 Å². The predicted molar refractivity (Wildman–Crippen MR) is 101 cm³/mol. The number of hydrogen-bond acceptors (Lipinski definition) is 3. The molecule has 0 unspecified atom stereocenters. The summed E-state index contributed by atoms with van der Waals surface area (Å²) in [6.45, 7) is 0.667. The van der Waals surface area contributed by atoms with Crippen LogP contribution in [0.2, 0.25) is 5.02 Å². The van der Waals surface area contributed by atoms with Crippen LogP contribution in [-0.4, -0.2) is 25.2 Å². The number of halogens is 1. The molecule has 1 N–H and O–H groups in total. The Balaban J connectivity index is 1.52. The summed E-state index contributed by atoms with van der Waals surface area (Å²) in [7, 11) is 1.85. The number of hydrogen-bond donors (Lipinski definition) is 1. The first-order valence-corrected chi connectivity index (χ1v) is 8.47. The molecule has 2 aromatic heterocycles. The fourth-order valence-corrected chi connectivity index (χ4v) is 2.97. The van der Waals surface area contributed by atoms with Crippen molar-refractivity contribution >= 4 is 34.5 Å². The summed E-state index contributed by atoms with van der Waals surface area (Å²) in [5, 5.41) is 7.64. The summed E-state index contributed by atoms with van der Waals surface area (Å²) in [6, 6.07) is 14.8. The average Bonchev–Trinajstić information content (AvgIpc) is 3.24. The molecule has 0 aliphatic rings. The predicted octanol–water partition coefficient (Wildman–Crippen LogP) is 3.72. The SMILES string of the molecule is Cn1c(NC(=O)c2ccc(Cn3cccn3)cc2)nc2cc(Cl)ccc21. The van der Waals surface area contributed by atoms with Gasteiger partial charge in [0.2, 0.25) is 5.95 Å². The molecule has 26 heavy (non-hydrogen) atoms. The van der Waals surface area contributed by atoms with E-state index in [0.717, 1.165) is 16.6 Å². The molecule has 0 radical (unpaired) electrons. The molecule has 0 bridgehead atoms. The molecule has 1 amide bonds. The number of aryl methyl sites for hydroxylation is 1. The first kappa shape index (κ1) is 16.4. The monoisotopic (exact) mass is 365 g/mol. The number of anilines is 1. The van der Waals surface area contributed by atoms with E-state index < -0.39 is 0 Å². The van der Waals surface area contributed by atoms with Crippen LogP contribution in [-0.2, 0) is 13.6 Å². The van der Waals surface area contributed by atoms with Gasteiger partial charge in [0.1, 0.15) is 0 Å². The maximum absolute atomic E-state index is 12.5. The van der Waals surface area contributed by atoms with Gasteiger partial charge in [-0.1, -0.05) is 23.7 Å². The van der Waals surface area contributed by atoms with E-state index in [0.29, 0.717) is 23.1 Å². The molecule has 0 saturated carbocycles. The standard InChI is InChI=1S/C19H16ClN5O/c1-24-17-8-7-15(20)11-16(17)22-19(24)23-18(26)14-5-3-13(4-6-14)12-25-10-2-9-21-25/h2-11H,12H2,1H3,(H,22,23,26). The molecule has 130 valence electrons. The highest BCUT2D eigenvalue weighted by Gasteiger charge is 2.12. The number of benzene rings is 2. The van der Waals surface area contributed by atoms with Crippen LogP contribution in [0.15, 0.2) is 60.9 Å². The average molecular weight is 366 g/mol. The lowest BCUT2D eigenvalue weighted by Gasteiger charge is -2.07. The first-order valence-electron chi connectivity index (χ1n) is 8.10. The maximum atomic E-state index is 12.5. The van der Waals surface area contributed by atoms with Gasteiger partial charge in [0.05, 0.1) is 17.6 Å². The van der Waals surface area contributed by atoms with Gasteiger partial charge in [0.15, 0.2) is 0 Å². The van der Waals surface area contributed by atoms with E-state index in [-0.39, 0.29) is 5.91 Å². The second-order valence-electron chi connectivity index (χ2n) is 5.98. The summed E-state index contributed by atoms with van der Waals surface area (Å²) in [4.78, 5) is 17.0. The second-order valence-corrected chi connectivity index (χ2v) is 6.42. The Morgan fingerprint density at radius 2 is 2.00 bits per heavy atom. The highest BCUT2D eigenvalue weighted by atomic mass is 35.5. The third-order valence-corrected chi connectivity index (χ3v) is 4.42. The van der Waals surface area contributed by atoms with Gasteiger partial charge in [-0.25, -0.2) is 4.98 Å². The molecule has 2 aromatic carbocycles.